The minimum atomic E-state index is -4.93. The molecule has 2 aromatic heterocycles. The number of nitrogens with two attached hydrogens (primary N) is 1. The van der Waals surface area contributed by atoms with Crippen LogP contribution in [0.15, 0.2) is 47.7 Å². The number of hydrogen-bond acceptors (Lipinski definition) is 9. The Hall–Kier alpha value is -3.46. The van der Waals surface area contributed by atoms with Gasteiger partial charge in [-0.1, -0.05) is 23.2 Å². The van der Waals surface area contributed by atoms with Gasteiger partial charge in [-0.3, -0.25) is 4.79 Å². The average Bonchev–Trinajstić information content (AvgIpc) is 3.36. The number of halogens is 5. The van der Waals surface area contributed by atoms with E-state index in [0.29, 0.717) is 15.6 Å². The van der Waals surface area contributed by atoms with E-state index in [1.807, 2.05) is 0 Å². The van der Waals surface area contributed by atoms with Crippen molar-refractivity contribution in [3.63, 3.8) is 0 Å². The number of hydrogen-bond donors (Lipinski definition) is 3. The fourth-order valence-corrected chi connectivity index (χ4v) is 3.59. The van der Waals surface area contributed by atoms with Crippen molar-refractivity contribution in [2.45, 2.75) is 25.2 Å². The number of alkyl halides is 3. The Balaban J connectivity index is 1.67. The molecule has 3 heterocycles. The van der Waals surface area contributed by atoms with Crippen molar-refractivity contribution >= 4 is 34.9 Å². The van der Waals surface area contributed by atoms with E-state index < -0.39 is 31.1 Å². The average molecular weight is 545 g/mol. The van der Waals surface area contributed by atoms with Crippen molar-refractivity contribution in [3.8, 4) is 5.82 Å². The topological polar surface area (TPSA) is 146 Å². The molecule has 3 aromatic rings. The van der Waals surface area contributed by atoms with Crippen molar-refractivity contribution in [1.29, 1.82) is 0 Å². The summed E-state index contributed by atoms with van der Waals surface area (Å²) in [7, 11) is 0. The first-order valence-corrected chi connectivity index (χ1v) is 10.9. The Morgan fingerprint density at radius 2 is 1.86 bits per heavy atom. The summed E-state index contributed by atoms with van der Waals surface area (Å²) in [6.07, 6.45) is -8.06. The van der Waals surface area contributed by atoms with Crippen LogP contribution in [0.1, 0.15) is 22.0 Å². The Bertz CT molecular complexity index is 1300. The van der Waals surface area contributed by atoms with E-state index in [4.69, 9.17) is 28.9 Å². The zero-order chi connectivity index (χ0) is 26.2. The Kier molecular flexibility index (Phi) is 7.04. The predicted molar refractivity (Wildman–Crippen MR) is 121 cm³/mol. The molecule has 0 spiro atoms. The van der Waals surface area contributed by atoms with Crippen LogP contribution < -0.4 is 5.73 Å². The van der Waals surface area contributed by atoms with Gasteiger partial charge in [-0.25, -0.2) is 15.0 Å². The maximum absolute atomic E-state index is 13.1. The molecule has 1 aromatic carbocycles. The molecular formula is C20H17Cl2F3N8O3. The maximum atomic E-state index is 13.1. The first-order chi connectivity index (χ1) is 16.9. The molecule has 0 saturated heterocycles. The number of carbonyl (C=O) groups is 1. The molecule has 36 heavy (non-hydrogen) atoms. The third-order valence-electron chi connectivity index (χ3n) is 4.99. The fourth-order valence-electron chi connectivity index (χ4n) is 3.31. The minimum absolute atomic E-state index is 0.0537. The van der Waals surface area contributed by atoms with Gasteiger partial charge in [0.2, 0.25) is 12.2 Å². The highest BCUT2D eigenvalue weighted by molar-refractivity contribution is 6.31. The van der Waals surface area contributed by atoms with Gasteiger partial charge in [0.25, 0.3) is 5.91 Å². The molecule has 0 aliphatic carbocycles. The third-order valence-corrected chi connectivity index (χ3v) is 5.48. The Morgan fingerprint density at radius 1 is 1.17 bits per heavy atom. The van der Waals surface area contributed by atoms with Gasteiger partial charge in [-0.15, -0.1) is 5.10 Å². The molecule has 0 bridgehead atoms. The second kappa shape index (κ2) is 9.89. The van der Waals surface area contributed by atoms with E-state index in [1.165, 1.54) is 42.6 Å². The molecule has 4 rings (SSSR count). The van der Waals surface area contributed by atoms with Crippen LogP contribution in [0.3, 0.4) is 0 Å². The SMILES string of the molecule is NC(=O)c1nc(CN2N=C(c3ccc(Cl)cc3)N(C[C@H](O)C(F)(F)F)C2O)nn1-c1cc(Cl)ccn1. The first-order valence-electron chi connectivity index (χ1n) is 10.1. The van der Waals surface area contributed by atoms with Crippen LogP contribution in [-0.2, 0) is 6.54 Å². The number of benzene rings is 1. The number of aliphatic hydroxyl groups excluding tert-OH is 2. The number of amides is 1. The summed E-state index contributed by atoms with van der Waals surface area (Å²) in [5.74, 6) is -1.20. The second-order valence-electron chi connectivity index (χ2n) is 7.54. The number of carbonyl (C=O) groups excluding carboxylic acids is 1. The van der Waals surface area contributed by atoms with Gasteiger partial charge in [-0.2, -0.15) is 23.0 Å². The van der Waals surface area contributed by atoms with Crippen LogP contribution in [0.25, 0.3) is 5.82 Å². The van der Waals surface area contributed by atoms with Crippen LogP contribution in [0.5, 0.6) is 0 Å². The zero-order valence-electron chi connectivity index (χ0n) is 18.0. The van der Waals surface area contributed by atoms with Crippen LogP contribution in [-0.4, -0.2) is 76.8 Å². The highest BCUT2D eigenvalue weighted by Crippen LogP contribution is 2.27. The second-order valence-corrected chi connectivity index (χ2v) is 8.42. The van der Waals surface area contributed by atoms with Crippen LogP contribution in [0.2, 0.25) is 10.0 Å². The number of β-amino-alcohol motifs (C(OH)–C–C–N with tert-alkyl or cyclic N) is 1. The standard InChI is InChI=1S/C20H17Cl2F3N8O3/c21-11-3-1-10(2-4-11)17-30-32(19(36)31(17)8-13(34)20(23,24)25)9-14-28-18(16(26)35)33(29-14)15-7-12(22)5-6-27-15/h1-7,13,19,34,36H,8-9H2,(H2,26,35)/t13-,19?/m0/s1. The lowest BCUT2D eigenvalue weighted by Gasteiger charge is -2.29. The Labute approximate surface area is 211 Å². The smallest absolute Gasteiger partial charge is 0.382 e. The number of amidine groups is 1. The highest BCUT2D eigenvalue weighted by Gasteiger charge is 2.43. The van der Waals surface area contributed by atoms with E-state index in [9.17, 15) is 28.2 Å². The number of primary amides is 1. The van der Waals surface area contributed by atoms with Crippen molar-refractivity contribution in [2.75, 3.05) is 6.54 Å². The van der Waals surface area contributed by atoms with E-state index in [-0.39, 0.29) is 29.8 Å². The molecule has 0 saturated carbocycles. The molecule has 0 fully saturated rings. The molecular weight excluding hydrogens is 528 g/mol. The van der Waals surface area contributed by atoms with E-state index in [2.05, 4.69) is 20.2 Å². The summed E-state index contributed by atoms with van der Waals surface area (Å²) in [4.78, 5) is 20.9. The Morgan fingerprint density at radius 3 is 2.47 bits per heavy atom. The largest absolute Gasteiger partial charge is 0.416 e. The summed E-state index contributed by atoms with van der Waals surface area (Å²) in [6, 6.07) is 8.89. The summed E-state index contributed by atoms with van der Waals surface area (Å²) < 4.78 is 40.2. The summed E-state index contributed by atoms with van der Waals surface area (Å²) in [6.45, 7) is -1.35. The lowest BCUT2D eigenvalue weighted by molar-refractivity contribution is -0.212. The molecule has 4 N–H and O–H groups in total. The van der Waals surface area contributed by atoms with Gasteiger partial charge in [0.15, 0.2) is 23.6 Å². The third kappa shape index (κ3) is 5.36. The summed E-state index contributed by atoms with van der Waals surface area (Å²) in [5, 5.41) is 30.5. The zero-order valence-corrected chi connectivity index (χ0v) is 19.5. The molecule has 1 amide bonds. The van der Waals surface area contributed by atoms with Gasteiger partial charge >= 0.3 is 6.18 Å². The van der Waals surface area contributed by atoms with Gasteiger partial charge in [0.05, 0.1) is 6.54 Å². The van der Waals surface area contributed by atoms with E-state index >= 15 is 0 Å². The maximum Gasteiger partial charge on any atom is 0.416 e. The minimum Gasteiger partial charge on any atom is -0.382 e. The molecule has 16 heteroatoms. The normalized spacial score (nSPS) is 16.9. The monoisotopic (exact) mass is 544 g/mol. The number of pyridine rings is 1. The lowest BCUT2D eigenvalue weighted by Crippen LogP contribution is -2.49. The summed E-state index contributed by atoms with van der Waals surface area (Å²) in [5.41, 5.74) is 5.73. The van der Waals surface area contributed by atoms with Crippen LogP contribution >= 0.6 is 23.2 Å². The molecule has 11 nitrogen and oxygen atoms in total. The van der Waals surface area contributed by atoms with Gasteiger partial charge < -0.3 is 20.8 Å². The van der Waals surface area contributed by atoms with E-state index in [0.717, 1.165) is 14.6 Å². The molecule has 2 atom stereocenters. The quantitative estimate of drug-likeness (QED) is 0.407. The van der Waals surface area contributed by atoms with E-state index in [1.54, 1.807) is 0 Å². The fraction of sp³-hybridized carbons (Fsp3) is 0.250. The first kappa shape index (κ1) is 25.6. The molecule has 190 valence electrons. The number of nitrogens with zero attached hydrogens (tertiary/aromatic N) is 7. The van der Waals surface area contributed by atoms with Crippen LogP contribution in [0, 0.1) is 0 Å². The number of hydrazone groups is 1. The number of aliphatic hydroxyl groups is 2. The molecule has 1 aliphatic rings. The number of rotatable bonds is 7. The predicted octanol–water partition coefficient (Wildman–Crippen LogP) is 1.75. The van der Waals surface area contributed by atoms with Crippen molar-refractivity contribution in [2.24, 2.45) is 10.8 Å². The lowest BCUT2D eigenvalue weighted by atomic mass is 10.2. The van der Waals surface area contributed by atoms with Gasteiger partial charge in [0.1, 0.15) is 6.54 Å². The molecule has 0 radical (unpaired) electrons. The highest BCUT2D eigenvalue weighted by atomic mass is 35.5. The van der Waals surface area contributed by atoms with Gasteiger partial charge in [0, 0.05) is 27.9 Å². The molecule has 1 aliphatic heterocycles. The van der Waals surface area contributed by atoms with Crippen molar-refractivity contribution in [1.82, 2.24) is 29.7 Å². The number of aromatic nitrogens is 4. The van der Waals surface area contributed by atoms with Gasteiger partial charge in [-0.05, 0) is 30.3 Å². The van der Waals surface area contributed by atoms with Crippen molar-refractivity contribution in [3.05, 3.63) is 69.9 Å². The summed E-state index contributed by atoms with van der Waals surface area (Å²) >= 11 is 11.9. The molecule has 1 unspecified atom stereocenters. The van der Waals surface area contributed by atoms with Crippen LogP contribution in [0.4, 0.5) is 13.2 Å². The van der Waals surface area contributed by atoms with Crippen molar-refractivity contribution < 1.29 is 28.2 Å².